The van der Waals surface area contributed by atoms with Crippen LogP contribution in [0.5, 0.6) is 0 Å². The molecule has 0 aromatic rings. The predicted octanol–water partition coefficient (Wildman–Crippen LogP) is 1.52. The number of rotatable bonds is 1. The third kappa shape index (κ3) is 6.99. The first kappa shape index (κ1) is 10.1. The molecule has 11 heavy (non-hydrogen) atoms. The van der Waals surface area contributed by atoms with Gasteiger partial charge in [0.1, 0.15) is 0 Å². The van der Waals surface area contributed by atoms with Crippen LogP contribution in [0.2, 0.25) is 0 Å². The van der Waals surface area contributed by atoms with Crippen LogP contribution in [0, 0.1) is 0 Å². The summed E-state index contributed by atoms with van der Waals surface area (Å²) in [6.07, 6.45) is 1.40. The van der Waals surface area contributed by atoms with Gasteiger partial charge in [0.05, 0.1) is 5.60 Å². The van der Waals surface area contributed by atoms with Crippen molar-refractivity contribution < 1.29 is 9.63 Å². The van der Waals surface area contributed by atoms with E-state index < -0.39 is 6.03 Å². The lowest BCUT2D eigenvalue weighted by atomic mass is 10.2. The Morgan fingerprint density at radius 1 is 1.55 bits per heavy atom. The molecule has 0 aliphatic carbocycles. The number of hydrogen-bond acceptors (Lipinski definition) is 2. The molecule has 0 saturated carbocycles. The van der Waals surface area contributed by atoms with Crippen molar-refractivity contribution in [3.63, 3.8) is 0 Å². The molecule has 0 fully saturated rings. The summed E-state index contributed by atoms with van der Waals surface area (Å²) in [5, 5.41) is 0. The molecule has 0 rings (SSSR count). The minimum Gasteiger partial charge on any atom is -0.266 e. The fraction of sp³-hybridized carbons (Fsp3) is 0.714. The largest absolute Gasteiger partial charge is 0.364 e. The van der Waals surface area contributed by atoms with Gasteiger partial charge in [-0.15, -0.1) is 0 Å². The molecule has 0 heterocycles. The van der Waals surface area contributed by atoms with Gasteiger partial charge < -0.3 is 0 Å². The Kier molecular flexibility index (Phi) is 3.74. The van der Waals surface area contributed by atoms with E-state index in [1.54, 1.807) is 6.92 Å². The number of hydrogen-bond donors (Lipinski definition) is 1. The molecule has 2 amide bonds. The van der Waals surface area contributed by atoms with Gasteiger partial charge in [-0.3, -0.25) is 4.84 Å². The van der Waals surface area contributed by atoms with Crippen LogP contribution < -0.4 is 5.48 Å². The molecule has 4 nitrogen and oxygen atoms in total. The Labute approximate surface area is 66.6 Å². The molecule has 0 unspecified atom stereocenters. The summed E-state index contributed by atoms with van der Waals surface area (Å²) in [4.78, 5) is 19.0. The normalized spacial score (nSPS) is 12.0. The summed E-state index contributed by atoms with van der Waals surface area (Å²) in [5.74, 6) is 0. The Hall–Kier alpha value is -0.900. The number of hydroxylamine groups is 1. The van der Waals surface area contributed by atoms with E-state index in [-0.39, 0.29) is 5.60 Å². The van der Waals surface area contributed by atoms with Crippen molar-refractivity contribution in [3.05, 3.63) is 0 Å². The van der Waals surface area contributed by atoms with Gasteiger partial charge in [0.15, 0.2) is 0 Å². The zero-order chi connectivity index (χ0) is 8.91. The van der Waals surface area contributed by atoms with Crippen molar-refractivity contribution in [3.8, 4) is 0 Å². The minimum atomic E-state index is -0.484. The average molecular weight is 158 g/mol. The molecule has 1 N–H and O–H groups in total. The smallest absolute Gasteiger partial charge is 0.266 e. The van der Waals surface area contributed by atoms with Crippen LogP contribution in [0.15, 0.2) is 4.99 Å². The molecule has 0 bridgehead atoms. The van der Waals surface area contributed by atoms with E-state index in [4.69, 9.17) is 4.84 Å². The molecule has 64 valence electrons. The zero-order valence-corrected chi connectivity index (χ0v) is 7.34. The highest BCUT2D eigenvalue weighted by Gasteiger charge is 2.11. The lowest BCUT2D eigenvalue weighted by Crippen LogP contribution is -2.31. The van der Waals surface area contributed by atoms with E-state index >= 15 is 0 Å². The van der Waals surface area contributed by atoms with Crippen LogP contribution in [0.4, 0.5) is 4.79 Å². The summed E-state index contributed by atoms with van der Waals surface area (Å²) >= 11 is 0. The number of amides is 2. The Balaban J connectivity index is 3.63. The molecule has 0 aliphatic heterocycles. The first-order chi connectivity index (χ1) is 4.95. The maximum Gasteiger partial charge on any atom is 0.364 e. The third-order valence-electron chi connectivity index (χ3n) is 0.691. The highest BCUT2D eigenvalue weighted by molar-refractivity contribution is 5.81. The number of aliphatic imine (C=N–C) groups is 1. The monoisotopic (exact) mass is 158 g/mol. The molecule has 0 saturated heterocycles. The van der Waals surface area contributed by atoms with Crippen molar-refractivity contribution in [2.24, 2.45) is 4.99 Å². The van der Waals surface area contributed by atoms with E-state index in [9.17, 15) is 4.79 Å². The van der Waals surface area contributed by atoms with Crippen LogP contribution in [0.25, 0.3) is 0 Å². The third-order valence-corrected chi connectivity index (χ3v) is 0.691. The highest BCUT2D eigenvalue weighted by atomic mass is 16.7. The summed E-state index contributed by atoms with van der Waals surface area (Å²) in [6, 6.07) is -0.484. The van der Waals surface area contributed by atoms with Gasteiger partial charge in [-0.05, 0) is 27.7 Å². The number of carbonyl (C=O) groups is 1. The SMILES string of the molecule is CC=NC(=O)NOC(C)(C)C. The molecular formula is C7H14N2O2. The zero-order valence-electron chi connectivity index (χ0n) is 7.34. The van der Waals surface area contributed by atoms with Gasteiger partial charge in [-0.25, -0.2) is 15.3 Å². The summed E-state index contributed by atoms with van der Waals surface area (Å²) in [7, 11) is 0. The number of nitrogens with zero attached hydrogens (tertiary/aromatic N) is 1. The van der Waals surface area contributed by atoms with Crippen LogP contribution in [-0.4, -0.2) is 17.8 Å². The second-order valence-corrected chi connectivity index (χ2v) is 3.01. The van der Waals surface area contributed by atoms with E-state index in [0.717, 1.165) is 0 Å². The Morgan fingerprint density at radius 3 is 2.45 bits per heavy atom. The molecular weight excluding hydrogens is 144 g/mol. The topological polar surface area (TPSA) is 50.7 Å². The second kappa shape index (κ2) is 4.08. The average Bonchev–Trinajstić information content (AvgIpc) is 1.83. The summed E-state index contributed by atoms with van der Waals surface area (Å²) < 4.78 is 0. The van der Waals surface area contributed by atoms with Gasteiger partial charge in [0.25, 0.3) is 0 Å². The molecule has 0 aromatic carbocycles. The number of urea groups is 1. The standard InChI is InChI=1S/C7H14N2O2/c1-5-8-6(10)9-11-7(2,3)4/h5H,1-4H3,(H,9,10). The first-order valence-electron chi connectivity index (χ1n) is 3.42. The summed E-state index contributed by atoms with van der Waals surface area (Å²) in [5.41, 5.74) is 1.81. The maximum absolute atomic E-state index is 10.7. The highest BCUT2D eigenvalue weighted by Crippen LogP contribution is 2.03. The van der Waals surface area contributed by atoms with Gasteiger partial charge in [-0.2, -0.15) is 0 Å². The molecule has 0 aromatic heterocycles. The Morgan fingerprint density at radius 2 is 2.09 bits per heavy atom. The van der Waals surface area contributed by atoms with Crippen molar-refractivity contribution in [2.75, 3.05) is 0 Å². The summed E-state index contributed by atoms with van der Waals surface area (Å²) in [6.45, 7) is 7.17. The molecule has 0 aliphatic rings. The van der Waals surface area contributed by atoms with Crippen LogP contribution >= 0.6 is 0 Å². The lowest BCUT2D eigenvalue weighted by Gasteiger charge is -2.17. The van der Waals surface area contributed by atoms with E-state index in [1.807, 2.05) is 20.8 Å². The maximum atomic E-state index is 10.7. The van der Waals surface area contributed by atoms with Gasteiger partial charge in [0, 0.05) is 6.21 Å². The second-order valence-electron chi connectivity index (χ2n) is 3.01. The van der Waals surface area contributed by atoms with Crippen molar-refractivity contribution in [2.45, 2.75) is 33.3 Å². The van der Waals surface area contributed by atoms with E-state index in [1.165, 1.54) is 6.21 Å². The number of nitrogens with one attached hydrogen (secondary N) is 1. The van der Waals surface area contributed by atoms with Crippen molar-refractivity contribution >= 4 is 12.2 Å². The fourth-order valence-electron chi connectivity index (χ4n) is 0.340. The van der Waals surface area contributed by atoms with Crippen LogP contribution in [0.3, 0.4) is 0 Å². The predicted molar refractivity (Wildman–Crippen MR) is 43.5 cm³/mol. The quantitative estimate of drug-likeness (QED) is 0.464. The lowest BCUT2D eigenvalue weighted by molar-refractivity contribution is -0.0512. The van der Waals surface area contributed by atoms with Crippen LogP contribution in [-0.2, 0) is 4.84 Å². The van der Waals surface area contributed by atoms with Crippen molar-refractivity contribution in [1.82, 2.24) is 5.48 Å². The number of carbonyl (C=O) groups excluding carboxylic acids is 1. The Bertz CT molecular complexity index is 158. The fourth-order valence-corrected chi connectivity index (χ4v) is 0.340. The first-order valence-corrected chi connectivity index (χ1v) is 3.42. The van der Waals surface area contributed by atoms with Gasteiger partial charge >= 0.3 is 6.03 Å². The molecule has 0 radical (unpaired) electrons. The van der Waals surface area contributed by atoms with E-state index in [0.29, 0.717) is 0 Å². The molecule has 0 atom stereocenters. The minimum absolute atomic E-state index is 0.376. The van der Waals surface area contributed by atoms with E-state index in [2.05, 4.69) is 10.5 Å². The van der Waals surface area contributed by atoms with Crippen LogP contribution in [0.1, 0.15) is 27.7 Å². The van der Waals surface area contributed by atoms with Gasteiger partial charge in [-0.1, -0.05) is 0 Å². The molecule has 0 spiro atoms. The van der Waals surface area contributed by atoms with Crippen molar-refractivity contribution in [1.29, 1.82) is 0 Å². The molecule has 4 heteroatoms. The van der Waals surface area contributed by atoms with Gasteiger partial charge in [0.2, 0.25) is 0 Å².